The second kappa shape index (κ2) is 7.69. The Kier molecular flexibility index (Phi) is 5.55. The number of rotatable bonds is 5. The SMILES string of the molecule is C=CCn1c(-c2ccc(Br)cc2)cs/c1=N/S(=O)(=O)c1ccc(F)cc1. The standard InChI is InChI=1S/C18H14BrFN2O2S2/c1-2-11-22-17(13-3-5-14(19)6-4-13)12-25-18(22)21-26(23,24)16-9-7-15(20)8-10-16/h2-10,12H,1,11H2/b21-18+. The van der Waals surface area contributed by atoms with Crippen molar-refractivity contribution in [2.45, 2.75) is 11.4 Å². The first kappa shape index (κ1) is 18.8. The molecule has 26 heavy (non-hydrogen) atoms. The molecule has 4 nitrogen and oxygen atoms in total. The van der Waals surface area contributed by atoms with E-state index in [9.17, 15) is 12.8 Å². The first-order chi connectivity index (χ1) is 12.4. The van der Waals surface area contributed by atoms with Gasteiger partial charge in [-0.05, 0) is 42.0 Å². The number of allylic oxidation sites excluding steroid dienone is 1. The summed E-state index contributed by atoms with van der Waals surface area (Å²) in [5.74, 6) is -0.501. The molecule has 1 heterocycles. The zero-order chi connectivity index (χ0) is 18.7. The minimum absolute atomic E-state index is 0.0531. The number of hydrogen-bond donors (Lipinski definition) is 0. The molecule has 0 N–H and O–H groups in total. The van der Waals surface area contributed by atoms with E-state index in [0.29, 0.717) is 11.3 Å². The normalized spacial score (nSPS) is 12.3. The first-order valence-electron chi connectivity index (χ1n) is 7.52. The molecular weight excluding hydrogens is 439 g/mol. The number of sulfonamides is 1. The quantitative estimate of drug-likeness (QED) is 0.531. The van der Waals surface area contributed by atoms with E-state index < -0.39 is 15.8 Å². The molecule has 0 saturated carbocycles. The van der Waals surface area contributed by atoms with Gasteiger partial charge in [-0.15, -0.1) is 22.3 Å². The maximum absolute atomic E-state index is 13.0. The van der Waals surface area contributed by atoms with Gasteiger partial charge in [0, 0.05) is 16.4 Å². The smallest absolute Gasteiger partial charge is 0.285 e. The van der Waals surface area contributed by atoms with E-state index >= 15 is 0 Å². The highest BCUT2D eigenvalue weighted by atomic mass is 79.9. The number of thiazole rings is 1. The highest BCUT2D eigenvalue weighted by Crippen LogP contribution is 2.23. The predicted molar refractivity (Wildman–Crippen MR) is 105 cm³/mol. The summed E-state index contributed by atoms with van der Waals surface area (Å²) in [6, 6.07) is 12.3. The molecule has 3 rings (SSSR count). The van der Waals surface area contributed by atoms with Crippen molar-refractivity contribution in [1.29, 1.82) is 0 Å². The van der Waals surface area contributed by atoms with E-state index in [-0.39, 0.29) is 4.90 Å². The minimum atomic E-state index is -3.94. The Morgan fingerprint density at radius 2 is 1.81 bits per heavy atom. The average molecular weight is 453 g/mol. The minimum Gasteiger partial charge on any atom is -0.312 e. The Hall–Kier alpha value is -2.03. The van der Waals surface area contributed by atoms with Crippen LogP contribution >= 0.6 is 27.3 Å². The Morgan fingerprint density at radius 1 is 1.15 bits per heavy atom. The molecule has 0 amide bonds. The summed E-state index contributed by atoms with van der Waals surface area (Å²) in [5.41, 5.74) is 1.78. The van der Waals surface area contributed by atoms with Gasteiger partial charge in [0.1, 0.15) is 5.82 Å². The number of nitrogens with zero attached hydrogens (tertiary/aromatic N) is 2. The maximum atomic E-state index is 13.0. The Balaban J connectivity index is 2.12. The van der Waals surface area contributed by atoms with Gasteiger partial charge in [-0.2, -0.15) is 8.42 Å². The monoisotopic (exact) mass is 452 g/mol. The van der Waals surface area contributed by atoms with E-state index in [0.717, 1.165) is 27.9 Å². The highest BCUT2D eigenvalue weighted by Gasteiger charge is 2.15. The third-order valence-electron chi connectivity index (χ3n) is 3.56. The molecule has 0 aliphatic heterocycles. The van der Waals surface area contributed by atoms with Crippen LogP contribution < -0.4 is 4.80 Å². The molecule has 134 valence electrons. The van der Waals surface area contributed by atoms with Gasteiger partial charge in [0.25, 0.3) is 10.0 Å². The van der Waals surface area contributed by atoms with Crippen LogP contribution in [0.2, 0.25) is 0 Å². The fourth-order valence-electron chi connectivity index (χ4n) is 2.32. The summed E-state index contributed by atoms with van der Waals surface area (Å²) in [4.78, 5) is 0.273. The second-order valence-corrected chi connectivity index (χ2v) is 8.69. The molecule has 0 aliphatic rings. The van der Waals surface area contributed by atoms with Crippen LogP contribution in [-0.2, 0) is 16.6 Å². The molecule has 0 fully saturated rings. The largest absolute Gasteiger partial charge is 0.312 e. The van der Waals surface area contributed by atoms with Crippen LogP contribution in [0.15, 0.2) is 80.3 Å². The summed E-state index contributed by atoms with van der Waals surface area (Å²) in [7, 11) is -3.94. The highest BCUT2D eigenvalue weighted by molar-refractivity contribution is 9.10. The van der Waals surface area contributed by atoms with Gasteiger partial charge in [-0.25, -0.2) is 4.39 Å². The van der Waals surface area contributed by atoms with E-state index in [1.807, 2.05) is 29.6 Å². The third kappa shape index (κ3) is 4.03. The van der Waals surface area contributed by atoms with Gasteiger partial charge in [0.05, 0.1) is 10.6 Å². The molecule has 0 bridgehead atoms. The van der Waals surface area contributed by atoms with Crippen LogP contribution in [0.3, 0.4) is 0 Å². The van der Waals surface area contributed by atoms with Gasteiger partial charge >= 0.3 is 0 Å². The topological polar surface area (TPSA) is 51.4 Å². The van der Waals surface area contributed by atoms with Gasteiger partial charge in [-0.1, -0.05) is 34.1 Å². The summed E-state index contributed by atoms with van der Waals surface area (Å²) >= 11 is 4.62. The molecule has 0 aliphatic carbocycles. The van der Waals surface area contributed by atoms with Gasteiger partial charge in [-0.3, -0.25) is 0 Å². The number of benzene rings is 2. The first-order valence-corrected chi connectivity index (χ1v) is 10.6. The second-order valence-electron chi connectivity index (χ2n) is 5.33. The molecule has 0 atom stereocenters. The average Bonchev–Trinajstić information content (AvgIpc) is 2.98. The van der Waals surface area contributed by atoms with Gasteiger partial charge in [0.15, 0.2) is 0 Å². The summed E-state index contributed by atoms with van der Waals surface area (Å²) in [6.07, 6.45) is 1.68. The van der Waals surface area contributed by atoms with Crippen LogP contribution in [0.4, 0.5) is 4.39 Å². The van der Waals surface area contributed by atoms with E-state index in [2.05, 4.69) is 26.9 Å². The van der Waals surface area contributed by atoms with Crippen LogP contribution in [0.1, 0.15) is 0 Å². The summed E-state index contributed by atoms with van der Waals surface area (Å²) in [6.45, 7) is 4.14. The fraction of sp³-hybridized carbons (Fsp3) is 0.0556. The van der Waals surface area contributed by atoms with Gasteiger partial charge < -0.3 is 4.57 Å². The maximum Gasteiger partial charge on any atom is 0.285 e. The third-order valence-corrected chi connectivity index (χ3v) is 6.35. The zero-order valence-electron chi connectivity index (χ0n) is 13.5. The number of hydrogen-bond acceptors (Lipinski definition) is 3. The van der Waals surface area contributed by atoms with Crippen molar-refractivity contribution in [1.82, 2.24) is 4.57 Å². The van der Waals surface area contributed by atoms with Crippen molar-refractivity contribution in [2.24, 2.45) is 4.40 Å². The fourth-order valence-corrected chi connectivity index (χ4v) is 4.72. The molecule has 0 unspecified atom stereocenters. The van der Waals surface area contributed by atoms with Gasteiger partial charge in [0.2, 0.25) is 4.80 Å². The van der Waals surface area contributed by atoms with E-state index in [1.165, 1.54) is 23.5 Å². The molecule has 8 heteroatoms. The molecular formula is C18H14BrFN2O2S2. The Morgan fingerprint density at radius 3 is 2.42 bits per heavy atom. The van der Waals surface area contributed by atoms with Crippen molar-refractivity contribution in [3.8, 4) is 11.3 Å². The lowest BCUT2D eigenvalue weighted by atomic mass is 10.2. The van der Waals surface area contributed by atoms with E-state index in [4.69, 9.17) is 0 Å². The molecule has 0 spiro atoms. The molecule has 3 aromatic rings. The van der Waals surface area contributed by atoms with Crippen LogP contribution in [0.5, 0.6) is 0 Å². The van der Waals surface area contributed by atoms with Crippen LogP contribution in [0, 0.1) is 5.82 Å². The van der Waals surface area contributed by atoms with Crippen LogP contribution in [0.25, 0.3) is 11.3 Å². The summed E-state index contributed by atoms with van der Waals surface area (Å²) < 4.78 is 44.8. The molecule has 1 aromatic heterocycles. The number of aromatic nitrogens is 1. The van der Waals surface area contributed by atoms with Crippen molar-refractivity contribution in [3.05, 3.63) is 81.7 Å². The predicted octanol–water partition coefficient (Wildman–Crippen LogP) is 4.59. The number of halogens is 2. The Labute approximate surface area is 163 Å². The summed E-state index contributed by atoms with van der Waals surface area (Å²) in [5, 5.41) is 1.85. The van der Waals surface area contributed by atoms with Crippen molar-refractivity contribution >= 4 is 37.3 Å². The van der Waals surface area contributed by atoms with Crippen molar-refractivity contribution in [3.63, 3.8) is 0 Å². The lowest BCUT2D eigenvalue weighted by Gasteiger charge is -2.07. The zero-order valence-corrected chi connectivity index (χ0v) is 16.7. The molecule has 0 saturated heterocycles. The van der Waals surface area contributed by atoms with Crippen LogP contribution in [-0.4, -0.2) is 13.0 Å². The van der Waals surface area contributed by atoms with Crippen molar-refractivity contribution in [2.75, 3.05) is 0 Å². The van der Waals surface area contributed by atoms with Crippen molar-refractivity contribution < 1.29 is 12.8 Å². The molecule has 0 radical (unpaired) electrons. The van der Waals surface area contributed by atoms with E-state index in [1.54, 1.807) is 10.6 Å². The lowest BCUT2D eigenvalue weighted by Crippen LogP contribution is -2.17. The molecule has 2 aromatic carbocycles. The Bertz CT molecular complexity index is 1100. The lowest BCUT2D eigenvalue weighted by molar-refractivity contribution is 0.594.